The van der Waals surface area contributed by atoms with Crippen LogP contribution in [0.15, 0.2) is 48.5 Å². The van der Waals surface area contributed by atoms with E-state index in [1.165, 1.54) is 4.90 Å². The fourth-order valence-corrected chi connectivity index (χ4v) is 2.89. The molecule has 0 aromatic heterocycles. The molecule has 1 heterocycles. The number of fused-ring (bicyclic) bond motifs is 1. The third kappa shape index (κ3) is 2.58. The van der Waals surface area contributed by atoms with Gasteiger partial charge in [-0.15, -0.1) is 0 Å². The van der Waals surface area contributed by atoms with Gasteiger partial charge in [0.1, 0.15) is 0 Å². The Labute approximate surface area is 139 Å². The second-order valence-corrected chi connectivity index (χ2v) is 6.20. The number of nitrogens with zero attached hydrogens (tertiary/aromatic N) is 1. The van der Waals surface area contributed by atoms with Crippen LogP contribution in [-0.2, 0) is 16.1 Å². The van der Waals surface area contributed by atoms with E-state index in [0.717, 1.165) is 18.4 Å². The first-order chi connectivity index (χ1) is 11.6. The molecule has 2 aromatic rings. The van der Waals surface area contributed by atoms with Crippen LogP contribution in [0.2, 0.25) is 0 Å². The van der Waals surface area contributed by atoms with Gasteiger partial charge in [-0.05, 0) is 36.6 Å². The van der Waals surface area contributed by atoms with Gasteiger partial charge in [0.15, 0.2) is 0 Å². The average molecular weight is 320 g/mol. The molecule has 24 heavy (non-hydrogen) atoms. The van der Waals surface area contributed by atoms with Crippen molar-refractivity contribution in [3.8, 4) is 0 Å². The highest BCUT2D eigenvalue weighted by atomic mass is 16.2. The third-order valence-electron chi connectivity index (χ3n) is 4.37. The molecule has 0 saturated heterocycles. The van der Waals surface area contributed by atoms with Gasteiger partial charge in [-0.3, -0.25) is 14.4 Å². The highest BCUT2D eigenvalue weighted by Gasteiger charge is 2.36. The Bertz CT molecular complexity index is 841. The lowest BCUT2D eigenvalue weighted by Gasteiger charge is -2.17. The first-order valence-electron chi connectivity index (χ1n) is 7.98. The highest BCUT2D eigenvalue weighted by molar-refractivity contribution is 6.52. The summed E-state index contributed by atoms with van der Waals surface area (Å²) in [6.45, 7) is 0.353. The van der Waals surface area contributed by atoms with Crippen molar-refractivity contribution in [2.45, 2.75) is 19.4 Å². The van der Waals surface area contributed by atoms with Gasteiger partial charge in [-0.1, -0.05) is 30.3 Å². The SMILES string of the molecule is O=C1C(=O)N(Cc2ccccc2)c2ccc(NC(=O)C3CC3)cc21. The van der Waals surface area contributed by atoms with E-state index in [-0.39, 0.29) is 11.8 Å². The Balaban J connectivity index is 1.61. The summed E-state index contributed by atoms with van der Waals surface area (Å²) in [6.07, 6.45) is 1.83. The van der Waals surface area contributed by atoms with E-state index in [0.29, 0.717) is 23.5 Å². The van der Waals surface area contributed by atoms with Crippen LogP contribution in [0.4, 0.5) is 11.4 Å². The van der Waals surface area contributed by atoms with Crippen LogP contribution in [0.3, 0.4) is 0 Å². The number of hydrogen-bond acceptors (Lipinski definition) is 3. The van der Waals surface area contributed by atoms with Crippen molar-refractivity contribution in [2.24, 2.45) is 5.92 Å². The van der Waals surface area contributed by atoms with Crippen molar-refractivity contribution < 1.29 is 14.4 Å². The molecule has 0 radical (unpaired) electrons. The molecule has 5 nitrogen and oxygen atoms in total. The molecular weight excluding hydrogens is 304 g/mol. The molecule has 1 aliphatic heterocycles. The Morgan fingerprint density at radius 1 is 1.08 bits per heavy atom. The van der Waals surface area contributed by atoms with E-state index < -0.39 is 11.7 Å². The van der Waals surface area contributed by atoms with E-state index in [2.05, 4.69) is 5.32 Å². The van der Waals surface area contributed by atoms with Crippen LogP contribution in [0.5, 0.6) is 0 Å². The van der Waals surface area contributed by atoms with Gasteiger partial charge >= 0.3 is 0 Å². The minimum Gasteiger partial charge on any atom is -0.326 e. The number of nitrogens with one attached hydrogen (secondary N) is 1. The van der Waals surface area contributed by atoms with Crippen molar-refractivity contribution >= 4 is 29.0 Å². The molecule has 2 amide bonds. The summed E-state index contributed by atoms with van der Waals surface area (Å²) < 4.78 is 0. The topological polar surface area (TPSA) is 66.5 Å². The van der Waals surface area contributed by atoms with Gasteiger partial charge in [0.25, 0.3) is 11.7 Å². The summed E-state index contributed by atoms with van der Waals surface area (Å²) in [5, 5.41) is 2.81. The quantitative estimate of drug-likeness (QED) is 0.881. The molecule has 1 fully saturated rings. The van der Waals surface area contributed by atoms with Crippen molar-refractivity contribution in [3.05, 3.63) is 59.7 Å². The Hall–Kier alpha value is -2.95. The first kappa shape index (κ1) is 14.6. The molecule has 0 spiro atoms. The van der Waals surface area contributed by atoms with Crippen LogP contribution in [0.25, 0.3) is 0 Å². The number of Topliss-reactive ketones (excluding diaryl/α,β-unsaturated/α-hetero) is 1. The summed E-state index contributed by atoms with van der Waals surface area (Å²) in [4.78, 5) is 37.9. The molecule has 0 atom stereocenters. The molecular formula is C19H16N2O3. The molecule has 0 unspecified atom stereocenters. The van der Waals surface area contributed by atoms with E-state index in [9.17, 15) is 14.4 Å². The Kier molecular flexibility index (Phi) is 3.41. The van der Waals surface area contributed by atoms with E-state index in [1.807, 2.05) is 30.3 Å². The molecule has 1 N–H and O–H groups in total. The summed E-state index contributed by atoms with van der Waals surface area (Å²) in [5.41, 5.74) is 2.47. The molecule has 120 valence electrons. The number of carbonyl (C=O) groups is 3. The summed E-state index contributed by atoms with van der Waals surface area (Å²) in [5.74, 6) is -0.985. The molecule has 4 rings (SSSR count). The van der Waals surface area contributed by atoms with Crippen molar-refractivity contribution in [1.82, 2.24) is 0 Å². The summed E-state index contributed by atoms with van der Waals surface area (Å²) in [7, 11) is 0. The van der Waals surface area contributed by atoms with Crippen molar-refractivity contribution in [1.29, 1.82) is 0 Å². The van der Waals surface area contributed by atoms with Crippen LogP contribution in [0, 0.1) is 5.92 Å². The second kappa shape index (κ2) is 5.60. The van der Waals surface area contributed by atoms with Gasteiger partial charge in [0.2, 0.25) is 5.91 Å². The number of hydrogen-bond donors (Lipinski definition) is 1. The molecule has 2 aromatic carbocycles. The monoisotopic (exact) mass is 320 g/mol. The highest BCUT2D eigenvalue weighted by Crippen LogP contribution is 2.34. The van der Waals surface area contributed by atoms with Gasteiger partial charge < -0.3 is 10.2 Å². The zero-order valence-electron chi connectivity index (χ0n) is 13.0. The number of benzene rings is 2. The van der Waals surface area contributed by atoms with Crippen LogP contribution < -0.4 is 10.2 Å². The maximum absolute atomic E-state index is 12.3. The molecule has 1 aliphatic carbocycles. The first-order valence-corrected chi connectivity index (χ1v) is 7.98. The number of carbonyl (C=O) groups excluding carboxylic acids is 3. The van der Waals surface area contributed by atoms with Gasteiger partial charge in [-0.25, -0.2) is 0 Å². The number of rotatable bonds is 4. The largest absolute Gasteiger partial charge is 0.326 e. The van der Waals surface area contributed by atoms with Gasteiger partial charge in [0, 0.05) is 11.6 Å². The van der Waals surface area contributed by atoms with E-state index in [4.69, 9.17) is 0 Å². The summed E-state index contributed by atoms with van der Waals surface area (Å²) in [6, 6.07) is 14.6. The molecule has 0 bridgehead atoms. The standard InChI is InChI=1S/C19H16N2O3/c22-17-15-10-14(20-18(23)13-6-7-13)8-9-16(15)21(19(17)24)11-12-4-2-1-3-5-12/h1-5,8-10,13H,6-7,11H2,(H,20,23). The lowest BCUT2D eigenvalue weighted by atomic mass is 10.1. The molecule has 1 saturated carbocycles. The lowest BCUT2D eigenvalue weighted by Crippen LogP contribution is -2.29. The number of amides is 2. The van der Waals surface area contributed by atoms with Gasteiger partial charge in [0.05, 0.1) is 17.8 Å². The van der Waals surface area contributed by atoms with Crippen LogP contribution >= 0.6 is 0 Å². The van der Waals surface area contributed by atoms with Crippen LogP contribution in [0.1, 0.15) is 28.8 Å². The van der Waals surface area contributed by atoms with Gasteiger partial charge in [-0.2, -0.15) is 0 Å². The lowest BCUT2D eigenvalue weighted by molar-refractivity contribution is -0.117. The maximum atomic E-state index is 12.3. The van der Waals surface area contributed by atoms with Crippen LogP contribution in [-0.4, -0.2) is 17.6 Å². The minimum atomic E-state index is -0.528. The Morgan fingerprint density at radius 3 is 2.54 bits per heavy atom. The number of ketones is 1. The average Bonchev–Trinajstić information content (AvgIpc) is 3.42. The smallest absolute Gasteiger partial charge is 0.299 e. The maximum Gasteiger partial charge on any atom is 0.299 e. The zero-order chi connectivity index (χ0) is 16.7. The predicted molar refractivity (Wildman–Crippen MR) is 89.8 cm³/mol. The zero-order valence-corrected chi connectivity index (χ0v) is 13.0. The predicted octanol–water partition coefficient (Wildman–Crippen LogP) is 2.76. The van der Waals surface area contributed by atoms with E-state index >= 15 is 0 Å². The van der Waals surface area contributed by atoms with E-state index in [1.54, 1.807) is 18.2 Å². The second-order valence-electron chi connectivity index (χ2n) is 6.20. The molecule has 5 heteroatoms. The third-order valence-corrected chi connectivity index (χ3v) is 4.37. The molecule has 2 aliphatic rings. The Morgan fingerprint density at radius 2 is 1.83 bits per heavy atom. The van der Waals surface area contributed by atoms with Crippen molar-refractivity contribution in [3.63, 3.8) is 0 Å². The number of anilines is 2. The normalized spacial score (nSPS) is 16.2. The fourth-order valence-electron chi connectivity index (χ4n) is 2.89. The fraction of sp³-hybridized carbons (Fsp3) is 0.211. The van der Waals surface area contributed by atoms with Crippen molar-refractivity contribution in [2.75, 3.05) is 10.2 Å². The minimum absolute atomic E-state index is 0.0205. The summed E-state index contributed by atoms with van der Waals surface area (Å²) >= 11 is 0.